The number of carbonyl (C=O) groups excluding carboxylic acids is 2. The van der Waals surface area contributed by atoms with Crippen molar-refractivity contribution in [1.82, 2.24) is 10.2 Å². The quantitative estimate of drug-likeness (QED) is 0.697. The molecule has 1 fully saturated rings. The monoisotopic (exact) mass is 403 g/mol. The number of hydrogen-bond acceptors (Lipinski definition) is 4. The third-order valence-electron chi connectivity index (χ3n) is 5.54. The van der Waals surface area contributed by atoms with Crippen LogP contribution in [0.2, 0.25) is 0 Å². The van der Waals surface area contributed by atoms with Gasteiger partial charge in [0.1, 0.15) is 6.26 Å². The van der Waals surface area contributed by atoms with Crippen molar-refractivity contribution in [2.75, 3.05) is 25.0 Å². The van der Waals surface area contributed by atoms with Crippen molar-refractivity contribution in [1.29, 1.82) is 0 Å². The summed E-state index contributed by atoms with van der Waals surface area (Å²) in [5, 5.41) is 3.15. The Bertz CT molecular complexity index is 994. The van der Waals surface area contributed by atoms with Crippen molar-refractivity contribution < 1.29 is 14.0 Å². The van der Waals surface area contributed by atoms with E-state index in [2.05, 4.69) is 5.32 Å². The second kappa shape index (κ2) is 8.86. The molecule has 1 aromatic heterocycles. The SMILES string of the molecule is CN(c1ccccc1)c1ccccc1C(=O)NC1CCN(C(=O)c2ccoc2)CC1. The number of anilines is 2. The van der Waals surface area contributed by atoms with Crippen LogP contribution < -0.4 is 10.2 Å². The number of benzene rings is 2. The molecule has 0 unspecified atom stereocenters. The zero-order chi connectivity index (χ0) is 20.9. The van der Waals surface area contributed by atoms with Gasteiger partial charge in [-0.2, -0.15) is 0 Å². The van der Waals surface area contributed by atoms with E-state index in [0.29, 0.717) is 24.2 Å². The summed E-state index contributed by atoms with van der Waals surface area (Å²) in [4.78, 5) is 29.3. The van der Waals surface area contributed by atoms with E-state index in [1.165, 1.54) is 12.5 Å². The van der Waals surface area contributed by atoms with Crippen molar-refractivity contribution in [3.05, 3.63) is 84.3 Å². The molecule has 2 amide bonds. The number of carbonyl (C=O) groups is 2. The number of para-hydroxylation sites is 2. The largest absolute Gasteiger partial charge is 0.472 e. The van der Waals surface area contributed by atoms with Gasteiger partial charge in [0.25, 0.3) is 11.8 Å². The molecule has 3 aromatic rings. The molecule has 0 spiro atoms. The van der Waals surface area contributed by atoms with Gasteiger partial charge in [-0.25, -0.2) is 0 Å². The highest BCUT2D eigenvalue weighted by atomic mass is 16.3. The van der Waals surface area contributed by atoms with Crippen LogP contribution in [0.5, 0.6) is 0 Å². The second-order valence-corrected chi connectivity index (χ2v) is 7.46. The van der Waals surface area contributed by atoms with Crippen LogP contribution in [0.3, 0.4) is 0 Å². The van der Waals surface area contributed by atoms with E-state index in [-0.39, 0.29) is 17.9 Å². The lowest BCUT2D eigenvalue weighted by Crippen LogP contribution is -2.46. The lowest BCUT2D eigenvalue weighted by Gasteiger charge is -2.32. The first-order valence-corrected chi connectivity index (χ1v) is 10.1. The van der Waals surface area contributed by atoms with Gasteiger partial charge in [0.15, 0.2) is 0 Å². The van der Waals surface area contributed by atoms with Crippen LogP contribution in [0.4, 0.5) is 11.4 Å². The first-order chi connectivity index (χ1) is 14.6. The van der Waals surface area contributed by atoms with Gasteiger partial charge in [0.2, 0.25) is 0 Å². The first kappa shape index (κ1) is 19.8. The third kappa shape index (κ3) is 4.22. The van der Waals surface area contributed by atoms with Gasteiger partial charge in [0.05, 0.1) is 23.1 Å². The molecule has 1 saturated heterocycles. The highest BCUT2D eigenvalue weighted by Gasteiger charge is 2.26. The lowest BCUT2D eigenvalue weighted by molar-refractivity contribution is 0.0697. The molecular weight excluding hydrogens is 378 g/mol. The van der Waals surface area contributed by atoms with Crippen LogP contribution >= 0.6 is 0 Å². The number of furan rings is 1. The lowest BCUT2D eigenvalue weighted by atomic mass is 10.0. The van der Waals surface area contributed by atoms with Crippen molar-refractivity contribution in [2.24, 2.45) is 0 Å². The van der Waals surface area contributed by atoms with E-state index in [1.807, 2.05) is 71.4 Å². The van der Waals surface area contributed by atoms with Crippen molar-refractivity contribution in [2.45, 2.75) is 18.9 Å². The highest BCUT2D eigenvalue weighted by Crippen LogP contribution is 2.27. The summed E-state index contributed by atoms with van der Waals surface area (Å²) in [5.41, 5.74) is 3.08. The molecule has 0 aliphatic carbocycles. The summed E-state index contributed by atoms with van der Waals surface area (Å²) in [7, 11) is 1.96. The summed E-state index contributed by atoms with van der Waals surface area (Å²) in [6.45, 7) is 1.22. The Balaban J connectivity index is 1.40. The summed E-state index contributed by atoms with van der Waals surface area (Å²) < 4.78 is 5.00. The predicted molar refractivity (Wildman–Crippen MR) is 116 cm³/mol. The Morgan fingerprint density at radius 1 is 1.00 bits per heavy atom. The van der Waals surface area contributed by atoms with Gasteiger partial charge in [-0.05, 0) is 43.2 Å². The van der Waals surface area contributed by atoms with Gasteiger partial charge in [-0.3, -0.25) is 9.59 Å². The van der Waals surface area contributed by atoms with E-state index in [1.54, 1.807) is 6.07 Å². The maximum absolute atomic E-state index is 13.0. The van der Waals surface area contributed by atoms with Crippen LogP contribution in [0.15, 0.2) is 77.6 Å². The fraction of sp³-hybridized carbons (Fsp3) is 0.250. The normalized spacial score (nSPS) is 14.4. The molecule has 1 aliphatic rings. The summed E-state index contributed by atoms with van der Waals surface area (Å²) in [6.07, 6.45) is 4.43. The number of likely N-dealkylation sites (tertiary alicyclic amines) is 1. The number of piperidine rings is 1. The molecule has 2 heterocycles. The van der Waals surface area contributed by atoms with E-state index in [0.717, 1.165) is 24.2 Å². The maximum atomic E-state index is 13.0. The molecule has 6 nitrogen and oxygen atoms in total. The molecule has 1 aliphatic heterocycles. The molecule has 30 heavy (non-hydrogen) atoms. The summed E-state index contributed by atoms with van der Waals surface area (Å²) >= 11 is 0. The molecule has 6 heteroatoms. The minimum atomic E-state index is -0.0898. The average molecular weight is 403 g/mol. The zero-order valence-corrected chi connectivity index (χ0v) is 17.0. The number of amides is 2. The van der Waals surface area contributed by atoms with Crippen molar-refractivity contribution in [3.63, 3.8) is 0 Å². The maximum Gasteiger partial charge on any atom is 0.257 e. The Kier molecular flexibility index (Phi) is 5.84. The van der Waals surface area contributed by atoms with Crippen LogP contribution in [0, 0.1) is 0 Å². The van der Waals surface area contributed by atoms with Crippen LogP contribution in [-0.4, -0.2) is 42.9 Å². The highest BCUT2D eigenvalue weighted by molar-refractivity contribution is 6.00. The molecule has 0 radical (unpaired) electrons. The van der Waals surface area contributed by atoms with Crippen LogP contribution in [0.1, 0.15) is 33.6 Å². The Labute approximate surface area is 176 Å². The van der Waals surface area contributed by atoms with Crippen molar-refractivity contribution in [3.8, 4) is 0 Å². The van der Waals surface area contributed by atoms with Gasteiger partial charge in [-0.15, -0.1) is 0 Å². The molecule has 0 bridgehead atoms. The minimum absolute atomic E-state index is 0.0247. The van der Waals surface area contributed by atoms with Gasteiger partial charge in [0, 0.05) is 31.9 Å². The minimum Gasteiger partial charge on any atom is -0.472 e. The number of rotatable bonds is 5. The second-order valence-electron chi connectivity index (χ2n) is 7.46. The van der Waals surface area contributed by atoms with Gasteiger partial charge < -0.3 is 19.5 Å². The number of nitrogens with zero attached hydrogens (tertiary/aromatic N) is 2. The van der Waals surface area contributed by atoms with E-state index in [4.69, 9.17) is 4.42 Å². The first-order valence-electron chi connectivity index (χ1n) is 10.1. The Hall–Kier alpha value is -3.54. The topological polar surface area (TPSA) is 65.8 Å². The number of hydrogen-bond donors (Lipinski definition) is 1. The van der Waals surface area contributed by atoms with E-state index in [9.17, 15) is 9.59 Å². The van der Waals surface area contributed by atoms with Crippen LogP contribution in [-0.2, 0) is 0 Å². The third-order valence-corrected chi connectivity index (χ3v) is 5.54. The molecule has 154 valence electrons. The smallest absolute Gasteiger partial charge is 0.257 e. The average Bonchev–Trinajstić information content (AvgIpc) is 3.34. The van der Waals surface area contributed by atoms with Gasteiger partial charge >= 0.3 is 0 Å². The summed E-state index contributed by atoms with van der Waals surface area (Å²) in [6, 6.07) is 19.3. The molecule has 0 atom stereocenters. The Morgan fingerprint density at radius 2 is 1.70 bits per heavy atom. The molecule has 2 aromatic carbocycles. The van der Waals surface area contributed by atoms with Crippen LogP contribution in [0.25, 0.3) is 0 Å². The van der Waals surface area contributed by atoms with E-state index < -0.39 is 0 Å². The predicted octanol–water partition coefficient (Wildman–Crippen LogP) is 4.08. The fourth-order valence-electron chi connectivity index (χ4n) is 3.81. The molecule has 4 rings (SSSR count). The fourth-order valence-corrected chi connectivity index (χ4v) is 3.81. The Morgan fingerprint density at radius 3 is 2.40 bits per heavy atom. The van der Waals surface area contributed by atoms with Gasteiger partial charge in [-0.1, -0.05) is 30.3 Å². The molecule has 1 N–H and O–H groups in total. The number of nitrogens with one attached hydrogen (secondary N) is 1. The van der Waals surface area contributed by atoms with Crippen molar-refractivity contribution >= 4 is 23.2 Å². The summed E-state index contributed by atoms with van der Waals surface area (Å²) in [5.74, 6) is -0.114. The van der Waals surface area contributed by atoms with E-state index >= 15 is 0 Å². The molecule has 0 saturated carbocycles. The zero-order valence-electron chi connectivity index (χ0n) is 17.0. The molecular formula is C24H25N3O3. The standard InChI is InChI=1S/C24H25N3O3/c1-26(20-7-3-2-4-8-20)22-10-6-5-9-21(22)23(28)25-19-11-14-27(15-12-19)24(29)18-13-16-30-17-18/h2-10,13,16-17,19H,11-12,14-15H2,1H3,(H,25,28).